The van der Waals surface area contributed by atoms with Gasteiger partial charge in [-0.05, 0) is 56.3 Å². The van der Waals surface area contributed by atoms with Gasteiger partial charge in [-0.15, -0.1) is 0 Å². The summed E-state index contributed by atoms with van der Waals surface area (Å²) in [6.07, 6.45) is 0. The molecular formula is C21H18ClNO3S3. The molecule has 1 aliphatic heterocycles. The first kappa shape index (κ1) is 20.3. The molecule has 0 saturated carbocycles. The number of amides is 1. The van der Waals surface area contributed by atoms with Crippen molar-refractivity contribution in [1.29, 1.82) is 0 Å². The van der Waals surface area contributed by atoms with Crippen molar-refractivity contribution >= 4 is 56.1 Å². The zero-order chi connectivity index (χ0) is 20.8. The van der Waals surface area contributed by atoms with Gasteiger partial charge in [-0.3, -0.25) is 9.69 Å². The second-order valence-electron chi connectivity index (χ2n) is 7.07. The predicted molar refractivity (Wildman–Crippen MR) is 122 cm³/mol. The van der Waals surface area contributed by atoms with Gasteiger partial charge in [0.25, 0.3) is 5.91 Å². The van der Waals surface area contributed by atoms with Crippen LogP contribution >= 0.6 is 44.5 Å². The topological polar surface area (TPSA) is 38.8 Å². The first-order valence-corrected chi connectivity index (χ1v) is 11.8. The maximum atomic E-state index is 13.3. The maximum absolute atomic E-state index is 13.3. The van der Waals surface area contributed by atoms with Crippen molar-refractivity contribution in [3.05, 3.63) is 56.2 Å². The quantitative estimate of drug-likeness (QED) is 0.325. The molecule has 0 saturated heterocycles. The van der Waals surface area contributed by atoms with Gasteiger partial charge in [-0.1, -0.05) is 44.5 Å². The van der Waals surface area contributed by atoms with Gasteiger partial charge in [0.15, 0.2) is 6.61 Å². The number of methoxy groups -OCH3 is 1. The highest BCUT2D eigenvalue weighted by molar-refractivity contribution is 7.80. The van der Waals surface area contributed by atoms with E-state index in [4.69, 9.17) is 33.3 Å². The Hall–Kier alpha value is -1.93. The Morgan fingerprint density at radius 3 is 2.52 bits per heavy atom. The summed E-state index contributed by atoms with van der Waals surface area (Å²) in [4.78, 5) is 16.2. The maximum Gasteiger partial charge on any atom is 0.265 e. The van der Waals surface area contributed by atoms with Gasteiger partial charge in [0, 0.05) is 16.1 Å². The van der Waals surface area contributed by atoms with E-state index in [1.165, 1.54) is 0 Å². The molecule has 0 radical (unpaired) electrons. The van der Waals surface area contributed by atoms with E-state index in [9.17, 15) is 4.79 Å². The molecule has 4 rings (SSSR count). The summed E-state index contributed by atoms with van der Waals surface area (Å²) in [5.41, 5.74) is 2.21. The average Bonchev–Trinajstić information content (AvgIpc) is 3.10. The van der Waals surface area contributed by atoms with Crippen LogP contribution < -0.4 is 14.4 Å². The van der Waals surface area contributed by atoms with Crippen molar-refractivity contribution in [2.75, 3.05) is 18.6 Å². The Kier molecular flexibility index (Phi) is 5.42. The third-order valence-corrected chi connectivity index (χ3v) is 8.47. The fourth-order valence-corrected chi connectivity index (χ4v) is 6.93. The standard InChI is InChI=1S/C21H18ClNO3S3/c1-21(2)19-18(20(27)29-28-19)15-10-14(25-3)8-9-16(15)23(21)17(24)11-26-13-6-4-12(22)5-7-13/h4-10H,11H2,1-3H3. The van der Waals surface area contributed by atoms with E-state index in [1.54, 1.807) is 57.0 Å². The highest BCUT2D eigenvalue weighted by Crippen LogP contribution is 2.52. The first-order chi connectivity index (χ1) is 13.8. The smallest absolute Gasteiger partial charge is 0.265 e. The SMILES string of the molecule is COc1ccc2c(c1)-c1c(ssc1=S)C(C)(C)N2C(=O)COc1ccc(Cl)cc1. The molecule has 0 spiro atoms. The second-order valence-corrected chi connectivity index (χ2v) is 10.3. The predicted octanol–water partition coefficient (Wildman–Crippen LogP) is 6.53. The summed E-state index contributed by atoms with van der Waals surface area (Å²) in [5.74, 6) is 1.19. The van der Waals surface area contributed by atoms with Crippen molar-refractivity contribution in [2.24, 2.45) is 0 Å². The van der Waals surface area contributed by atoms with Gasteiger partial charge in [0.2, 0.25) is 0 Å². The summed E-state index contributed by atoms with van der Waals surface area (Å²) in [7, 11) is 4.81. The molecule has 4 nitrogen and oxygen atoms in total. The summed E-state index contributed by atoms with van der Waals surface area (Å²) in [6, 6.07) is 12.7. The molecule has 0 bridgehead atoms. The lowest BCUT2D eigenvalue weighted by molar-refractivity contribution is -0.121. The van der Waals surface area contributed by atoms with Crippen LogP contribution in [0.5, 0.6) is 11.5 Å². The van der Waals surface area contributed by atoms with Crippen LogP contribution in [0.15, 0.2) is 42.5 Å². The fraction of sp³-hybridized carbons (Fsp3) is 0.238. The zero-order valence-corrected chi connectivity index (χ0v) is 19.2. The number of carbonyl (C=O) groups excluding carboxylic acids is 1. The number of fused-ring (bicyclic) bond motifs is 3. The number of rotatable bonds is 4. The molecule has 1 aliphatic rings. The summed E-state index contributed by atoms with van der Waals surface area (Å²) in [6.45, 7) is 4.00. The number of carbonyl (C=O) groups is 1. The molecule has 2 heterocycles. The van der Waals surface area contributed by atoms with Gasteiger partial charge in [-0.2, -0.15) is 0 Å². The van der Waals surface area contributed by atoms with Crippen molar-refractivity contribution in [1.82, 2.24) is 0 Å². The fourth-order valence-electron chi connectivity index (χ4n) is 3.52. The molecule has 0 unspecified atom stereocenters. The number of ether oxygens (including phenoxy) is 2. The Morgan fingerprint density at radius 1 is 1.14 bits per heavy atom. The molecule has 3 aromatic rings. The zero-order valence-electron chi connectivity index (χ0n) is 16.0. The molecule has 150 valence electrons. The van der Waals surface area contributed by atoms with Crippen LogP contribution in [-0.4, -0.2) is 19.6 Å². The van der Waals surface area contributed by atoms with Gasteiger partial charge < -0.3 is 9.47 Å². The lowest BCUT2D eigenvalue weighted by atomic mass is 9.87. The lowest BCUT2D eigenvalue weighted by Gasteiger charge is -2.42. The highest BCUT2D eigenvalue weighted by atomic mass is 35.5. The van der Waals surface area contributed by atoms with E-state index in [0.29, 0.717) is 10.8 Å². The van der Waals surface area contributed by atoms with E-state index < -0.39 is 5.54 Å². The monoisotopic (exact) mass is 463 g/mol. The second kappa shape index (κ2) is 7.72. The molecule has 1 amide bonds. The molecule has 29 heavy (non-hydrogen) atoms. The number of anilines is 1. The number of hydrogen-bond acceptors (Lipinski definition) is 6. The minimum absolute atomic E-state index is 0.0819. The van der Waals surface area contributed by atoms with E-state index in [1.807, 2.05) is 32.0 Å². The van der Waals surface area contributed by atoms with Gasteiger partial charge in [-0.25, -0.2) is 0 Å². The Bertz CT molecular complexity index is 1130. The molecule has 1 aromatic heterocycles. The van der Waals surface area contributed by atoms with Crippen LogP contribution in [-0.2, 0) is 10.3 Å². The average molecular weight is 464 g/mol. The molecule has 0 fully saturated rings. The van der Waals surface area contributed by atoms with Crippen molar-refractivity contribution < 1.29 is 14.3 Å². The Labute approximate surface area is 186 Å². The van der Waals surface area contributed by atoms with E-state index in [-0.39, 0.29) is 12.5 Å². The summed E-state index contributed by atoms with van der Waals surface area (Å²) < 4.78 is 12.0. The van der Waals surface area contributed by atoms with Gasteiger partial charge in [0.1, 0.15) is 15.3 Å². The minimum Gasteiger partial charge on any atom is -0.497 e. The molecule has 8 heteroatoms. The van der Waals surface area contributed by atoms with Crippen molar-refractivity contribution in [3.8, 4) is 22.6 Å². The minimum atomic E-state index is -0.546. The molecule has 0 N–H and O–H groups in total. The Morgan fingerprint density at radius 2 is 1.83 bits per heavy atom. The van der Waals surface area contributed by atoms with Crippen LogP contribution in [0.2, 0.25) is 5.02 Å². The van der Waals surface area contributed by atoms with E-state index in [0.717, 1.165) is 31.3 Å². The molecule has 0 atom stereocenters. The third-order valence-electron chi connectivity index (χ3n) is 4.89. The number of halogens is 1. The highest BCUT2D eigenvalue weighted by Gasteiger charge is 2.43. The van der Waals surface area contributed by atoms with Gasteiger partial charge in [0.05, 0.1) is 23.2 Å². The summed E-state index contributed by atoms with van der Waals surface area (Å²) in [5, 5.41) is 0.620. The van der Waals surface area contributed by atoms with Crippen molar-refractivity contribution in [3.63, 3.8) is 0 Å². The van der Waals surface area contributed by atoms with Crippen LogP contribution in [0.25, 0.3) is 11.1 Å². The van der Waals surface area contributed by atoms with E-state index >= 15 is 0 Å². The number of nitrogens with zero attached hydrogens (tertiary/aromatic N) is 1. The van der Waals surface area contributed by atoms with Crippen LogP contribution in [0.4, 0.5) is 5.69 Å². The summed E-state index contributed by atoms with van der Waals surface area (Å²) >= 11 is 11.5. The normalized spacial score (nSPS) is 14.1. The van der Waals surface area contributed by atoms with Crippen LogP contribution in [0.3, 0.4) is 0 Å². The van der Waals surface area contributed by atoms with E-state index in [2.05, 4.69) is 0 Å². The number of benzene rings is 2. The molecule has 2 aromatic carbocycles. The number of hydrogen-bond donors (Lipinski definition) is 0. The van der Waals surface area contributed by atoms with Crippen LogP contribution in [0, 0.1) is 3.82 Å². The molecule has 0 aliphatic carbocycles. The molecular weight excluding hydrogens is 446 g/mol. The van der Waals surface area contributed by atoms with Gasteiger partial charge >= 0.3 is 0 Å². The van der Waals surface area contributed by atoms with Crippen LogP contribution in [0.1, 0.15) is 18.7 Å². The lowest BCUT2D eigenvalue weighted by Crippen LogP contribution is -2.49. The largest absolute Gasteiger partial charge is 0.497 e. The third kappa shape index (κ3) is 3.57. The first-order valence-electron chi connectivity index (χ1n) is 8.86. The van der Waals surface area contributed by atoms with Crippen molar-refractivity contribution in [2.45, 2.75) is 19.4 Å². The Balaban J connectivity index is 1.74.